The zero-order valence-electron chi connectivity index (χ0n) is 12.7. The standard InChI is InChI=1S/C17H25NO2/c1-4-16(17(19)18-14-7-5-6-8-14)20-15-10-12(2)9-13(3)11-15/h9-11,14,16H,4-8H2,1-3H3,(H,18,19). The minimum Gasteiger partial charge on any atom is -0.481 e. The molecular formula is C17H25NO2. The van der Waals surface area contributed by atoms with Gasteiger partial charge < -0.3 is 10.1 Å². The number of benzene rings is 1. The summed E-state index contributed by atoms with van der Waals surface area (Å²) in [4.78, 5) is 12.3. The van der Waals surface area contributed by atoms with Gasteiger partial charge in [-0.25, -0.2) is 0 Å². The maximum Gasteiger partial charge on any atom is 0.261 e. The third kappa shape index (κ3) is 3.99. The summed E-state index contributed by atoms with van der Waals surface area (Å²) in [7, 11) is 0. The minimum absolute atomic E-state index is 0.0264. The van der Waals surface area contributed by atoms with E-state index in [-0.39, 0.29) is 5.91 Å². The Labute approximate surface area is 121 Å². The summed E-state index contributed by atoms with van der Waals surface area (Å²) in [5.41, 5.74) is 2.32. The maximum absolute atomic E-state index is 12.3. The van der Waals surface area contributed by atoms with Gasteiger partial charge in [0.1, 0.15) is 5.75 Å². The molecule has 0 aliphatic heterocycles. The number of rotatable bonds is 5. The van der Waals surface area contributed by atoms with Gasteiger partial charge in [0.2, 0.25) is 0 Å². The molecule has 0 radical (unpaired) electrons. The van der Waals surface area contributed by atoms with Crippen molar-refractivity contribution in [2.75, 3.05) is 0 Å². The second-order valence-corrected chi connectivity index (χ2v) is 5.83. The van der Waals surface area contributed by atoms with Crippen LogP contribution in [-0.2, 0) is 4.79 Å². The molecule has 1 atom stereocenters. The van der Waals surface area contributed by atoms with Crippen LogP contribution in [0, 0.1) is 13.8 Å². The molecule has 3 heteroatoms. The minimum atomic E-state index is -0.392. The normalized spacial score (nSPS) is 16.9. The second-order valence-electron chi connectivity index (χ2n) is 5.83. The Morgan fingerprint density at radius 3 is 2.40 bits per heavy atom. The lowest BCUT2D eigenvalue weighted by Crippen LogP contribution is -2.42. The van der Waals surface area contributed by atoms with E-state index < -0.39 is 6.10 Å². The van der Waals surface area contributed by atoms with Crippen molar-refractivity contribution < 1.29 is 9.53 Å². The second kappa shape index (κ2) is 6.78. The Bertz CT molecular complexity index is 444. The van der Waals surface area contributed by atoms with E-state index in [1.54, 1.807) is 0 Å². The number of hydrogen-bond acceptors (Lipinski definition) is 2. The topological polar surface area (TPSA) is 38.3 Å². The van der Waals surface area contributed by atoms with Crippen LogP contribution in [0.15, 0.2) is 18.2 Å². The lowest BCUT2D eigenvalue weighted by molar-refractivity contribution is -0.128. The molecule has 0 bridgehead atoms. The molecule has 1 aliphatic rings. The highest BCUT2D eigenvalue weighted by Crippen LogP contribution is 2.20. The van der Waals surface area contributed by atoms with Gasteiger partial charge in [-0.2, -0.15) is 0 Å². The van der Waals surface area contributed by atoms with Crippen LogP contribution in [0.25, 0.3) is 0 Å². The number of carbonyl (C=O) groups is 1. The van der Waals surface area contributed by atoms with Crippen molar-refractivity contribution in [1.82, 2.24) is 5.32 Å². The van der Waals surface area contributed by atoms with E-state index >= 15 is 0 Å². The smallest absolute Gasteiger partial charge is 0.261 e. The van der Waals surface area contributed by atoms with E-state index in [9.17, 15) is 4.79 Å². The van der Waals surface area contributed by atoms with E-state index in [1.807, 2.05) is 32.9 Å². The van der Waals surface area contributed by atoms with Crippen molar-refractivity contribution in [3.05, 3.63) is 29.3 Å². The van der Waals surface area contributed by atoms with Crippen molar-refractivity contribution in [2.45, 2.75) is 65.0 Å². The van der Waals surface area contributed by atoms with Crippen LogP contribution < -0.4 is 10.1 Å². The zero-order valence-corrected chi connectivity index (χ0v) is 12.7. The largest absolute Gasteiger partial charge is 0.481 e. The summed E-state index contributed by atoms with van der Waals surface area (Å²) in [6.07, 6.45) is 4.94. The molecule has 1 N–H and O–H groups in total. The monoisotopic (exact) mass is 275 g/mol. The molecule has 0 saturated heterocycles. The predicted molar refractivity (Wildman–Crippen MR) is 81.0 cm³/mol. The summed E-state index contributed by atoms with van der Waals surface area (Å²) < 4.78 is 5.89. The zero-order chi connectivity index (χ0) is 14.5. The van der Waals surface area contributed by atoms with Gasteiger partial charge in [0.05, 0.1) is 0 Å². The van der Waals surface area contributed by atoms with Crippen molar-refractivity contribution >= 4 is 5.91 Å². The molecule has 1 unspecified atom stereocenters. The van der Waals surface area contributed by atoms with Crippen LogP contribution in [0.1, 0.15) is 50.2 Å². The molecule has 20 heavy (non-hydrogen) atoms. The van der Waals surface area contributed by atoms with Crippen LogP contribution in [0.2, 0.25) is 0 Å². The molecule has 0 heterocycles. The molecule has 1 aromatic carbocycles. The van der Waals surface area contributed by atoms with E-state index in [0.29, 0.717) is 12.5 Å². The average molecular weight is 275 g/mol. The Morgan fingerprint density at radius 2 is 1.85 bits per heavy atom. The van der Waals surface area contributed by atoms with Crippen molar-refractivity contribution in [3.8, 4) is 5.75 Å². The fourth-order valence-electron chi connectivity index (χ4n) is 2.85. The van der Waals surface area contributed by atoms with Crippen LogP contribution in [0.4, 0.5) is 0 Å². The van der Waals surface area contributed by atoms with Crippen LogP contribution in [0.3, 0.4) is 0 Å². The first kappa shape index (κ1) is 14.9. The van der Waals surface area contributed by atoms with E-state index in [1.165, 1.54) is 12.8 Å². The van der Waals surface area contributed by atoms with Crippen molar-refractivity contribution in [1.29, 1.82) is 0 Å². The Hall–Kier alpha value is -1.51. The quantitative estimate of drug-likeness (QED) is 0.893. The number of nitrogens with one attached hydrogen (secondary N) is 1. The molecule has 0 spiro atoms. The number of aryl methyl sites for hydroxylation is 2. The third-order valence-corrected chi connectivity index (χ3v) is 3.84. The lowest BCUT2D eigenvalue weighted by atomic mass is 10.1. The predicted octanol–water partition coefficient (Wildman–Crippen LogP) is 3.52. The van der Waals surface area contributed by atoms with Gasteiger partial charge in [0, 0.05) is 6.04 Å². The summed E-state index contributed by atoms with van der Waals surface area (Å²) in [6, 6.07) is 6.42. The van der Waals surface area contributed by atoms with Gasteiger partial charge in [0.15, 0.2) is 6.10 Å². The lowest BCUT2D eigenvalue weighted by Gasteiger charge is -2.20. The number of hydrogen-bond donors (Lipinski definition) is 1. The first-order chi connectivity index (χ1) is 9.58. The van der Waals surface area contributed by atoms with Crippen LogP contribution in [-0.4, -0.2) is 18.1 Å². The Kier molecular flexibility index (Phi) is 5.05. The highest BCUT2D eigenvalue weighted by Gasteiger charge is 2.23. The third-order valence-electron chi connectivity index (χ3n) is 3.84. The number of ether oxygens (including phenoxy) is 1. The molecular weight excluding hydrogens is 250 g/mol. The van der Waals surface area contributed by atoms with E-state index in [4.69, 9.17) is 4.74 Å². The van der Waals surface area contributed by atoms with Gasteiger partial charge in [-0.3, -0.25) is 4.79 Å². The Morgan fingerprint density at radius 1 is 1.25 bits per heavy atom. The SMILES string of the molecule is CCC(Oc1cc(C)cc(C)c1)C(=O)NC1CCCC1. The molecule has 1 aromatic rings. The molecule has 110 valence electrons. The fraction of sp³-hybridized carbons (Fsp3) is 0.588. The fourth-order valence-corrected chi connectivity index (χ4v) is 2.85. The van der Waals surface area contributed by atoms with E-state index in [2.05, 4.69) is 11.4 Å². The van der Waals surface area contributed by atoms with Crippen LogP contribution in [0.5, 0.6) is 5.75 Å². The molecule has 1 aliphatic carbocycles. The van der Waals surface area contributed by atoms with Gasteiger partial charge in [-0.05, 0) is 56.4 Å². The first-order valence-corrected chi connectivity index (χ1v) is 7.64. The highest BCUT2D eigenvalue weighted by molar-refractivity contribution is 5.81. The van der Waals surface area contributed by atoms with Crippen molar-refractivity contribution in [2.24, 2.45) is 0 Å². The van der Waals surface area contributed by atoms with E-state index in [0.717, 1.165) is 29.7 Å². The van der Waals surface area contributed by atoms with Crippen molar-refractivity contribution in [3.63, 3.8) is 0 Å². The molecule has 2 rings (SSSR count). The first-order valence-electron chi connectivity index (χ1n) is 7.64. The van der Waals surface area contributed by atoms with Gasteiger partial charge in [-0.15, -0.1) is 0 Å². The van der Waals surface area contributed by atoms with Gasteiger partial charge in [-0.1, -0.05) is 25.8 Å². The molecule has 1 saturated carbocycles. The summed E-state index contributed by atoms with van der Waals surface area (Å²) in [5, 5.41) is 3.12. The molecule has 1 amide bonds. The summed E-state index contributed by atoms with van der Waals surface area (Å²) in [6.45, 7) is 6.07. The molecule has 3 nitrogen and oxygen atoms in total. The average Bonchev–Trinajstić information content (AvgIpc) is 2.87. The van der Waals surface area contributed by atoms with Crippen LogP contribution >= 0.6 is 0 Å². The summed E-state index contributed by atoms with van der Waals surface area (Å²) >= 11 is 0. The van der Waals surface area contributed by atoms with Gasteiger partial charge in [0.25, 0.3) is 5.91 Å². The number of carbonyl (C=O) groups excluding carboxylic acids is 1. The Balaban J connectivity index is 1.98. The molecule has 1 fully saturated rings. The summed E-state index contributed by atoms with van der Waals surface area (Å²) in [5.74, 6) is 0.814. The number of amides is 1. The molecule has 0 aromatic heterocycles. The highest BCUT2D eigenvalue weighted by atomic mass is 16.5. The maximum atomic E-state index is 12.3. The van der Waals surface area contributed by atoms with Gasteiger partial charge >= 0.3 is 0 Å².